The van der Waals surface area contributed by atoms with E-state index in [4.69, 9.17) is 51.4 Å². The number of carboxylic acids is 2. The van der Waals surface area contributed by atoms with Gasteiger partial charge < -0.3 is 39.8 Å². The van der Waals surface area contributed by atoms with E-state index in [0.717, 1.165) is 48.7 Å². The van der Waals surface area contributed by atoms with Crippen LogP contribution in [0.3, 0.4) is 0 Å². The number of urea groups is 2. The quantitative estimate of drug-likeness (QED) is 0.0158. The Kier molecular flexibility index (Phi) is 27.2. The zero-order valence-corrected chi connectivity index (χ0v) is 51.6. The number of sulfone groups is 1. The number of nitrogens with two attached hydrogens (primary N) is 1. The maximum Gasteiger partial charge on any atom is 0.416 e. The molecule has 6 rings (SSSR count). The summed E-state index contributed by atoms with van der Waals surface area (Å²) in [5.74, 6) is -3.54. The Morgan fingerprint density at radius 2 is 1.35 bits per heavy atom. The molecule has 3 aromatic carbocycles. The number of carbonyl (C=O) groups excluding carboxylic acids is 2. The van der Waals surface area contributed by atoms with Gasteiger partial charge in [0.05, 0.1) is 53.6 Å². The number of anilines is 2. The zero-order chi connectivity index (χ0) is 69.0. The van der Waals surface area contributed by atoms with E-state index in [0.29, 0.717) is 6.07 Å². The van der Waals surface area contributed by atoms with Gasteiger partial charge in [-0.05, 0) is 67.8 Å². The molecule has 0 spiro atoms. The SMILES string of the molecule is CCS(=O)(=O)c1cccnc1S(=O)(=O)NC(=O)Nc1nc(OC)cc(OC)n1.COc1nc(C)nc(NC(=O)NS(=O)(=O)c2ccccc2CCC(F)(F)F)n1.CP(=O)(O)CCC(N)C(=O)O.O=C(O)c1cc(Oc2ccc(C(F)(F)F)cc2Cl)ccc1[N+](=O)[O-]. The first-order chi connectivity index (χ1) is 42.0. The van der Waals surface area contributed by atoms with Gasteiger partial charge in [-0.1, -0.05) is 36.7 Å². The number of benzene rings is 3. The Morgan fingerprint density at radius 1 is 0.780 bits per heavy atom. The second kappa shape index (κ2) is 32.5. The van der Waals surface area contributed by atoms with Crippen molar-refractivity contribution in [2.45, 2.75) is 66.3 Å². The van der Waals surface area contributed by atoms with Gasteiger partial charge in [0.2, 0.25) is 23.7 Å². The van der Waals surface area contributed by atoms with Crippen LogP contribution in [0.5, 0.6) is 29.3 Å². The number of aliphatic carboxylic acids is 1. The number of nitrogens with zero attached hydrogens (tertiary/aromatic N) is 7. The van der Waals surface area contributed by atoms with Gasteiger partial charge in [-0.2, -0.15) is 59.7 Å². The molecule has 496 valence electrons. The number of nitrogens with one attached hydrogen (secondary N) is 4. The van der Waals surface area contributed by atoms with Crippen LogP contribution in [0, 0.1) is 17.0 Å². The molecule has 0 fully saturated rings. The first-order valence-electron chi connectivity index (χ1n) is 24.6. The standard InChI is InChI=1S/C15H16F3N5O4S.C14H7ClF3NO5.C14H17N5O7S2.C5H12NO4P/c1-9-19-12(22-14(20-9)27-2)21-13(24)23-28(25,26)11-6-4-3-5-10(11)7-8-15(16,17)18;15-10-5-7(14(16,17)18)1-4-12(10)24-8-2-3-11(19(22)23)9(6-8)13(20)21;1-4-27(21,22)9-6-5-7-15-12(9)28(23,24)19-14(20)18-13-16-10(25-2)8-11(17-13)26-3;1-11(9,10)3-2-4(6)5(7)8/h3-6H,7-8H2,1-2H3,(H2,19,20,21,22,23,24);1-6H,(H,20,21);5-8H,4H2,1-3H3,(H2,16,17,18,19,20);4H,2-3,6H2,1H3,(H,7,8)(H,9,10). The molecule has 0 saturated heterocycles. The zero-order valence-electron chi connectivity index (χ0n) is 47.5. The summed E-state index contributed by atoms with van der Waals surface area (Å²) in [6.45, 7) is 4.04. The largest absolute Gasteiger partial charge is 0.481 e. The van der Waals surface area contributed by atoms with E-state index in [1.54, 1.807) is 9.44 Å². The number of aromatic carboxylic acids is 1. The van der Waals surface area contributed by atoms with Crippen molar-refractivity contribution >= 4 is 90.4 Å². The minimum absolute atomic E-state index is 0.0412. The van der Waals surface area contributed by atoms with Crippen molar-refractivity contribution in [1.29, 1.82) is 0 Å². The summed E-state index contributed by atoms with van der Waals surface area (Å²) in [5, 5.41) is 31.1. The normalized spacial score (nSPS) is 12.4. The van der Waals surface area contributed by atoms with Crippen molar-refractivity contribution in [2.24, 2.45) is 5.73 Å². The fourth-order valence-corrected chi connectivity index (χ4v) is 11.1. The molecule has 2 unspecified atom stereocenters. The number of carboxylic acid groups (broad SMARTS) is 2. The molecular weight excluding hydrogens is 1340 g/mol. The third kappa shape index (κ3) is 25.0. The lowest BCUT2D eigenvalue weighted by molar-refractivity contribution is -0.385. The van der Waals surface area contributed by atoms with Crippen LogP contribution in [0.25, 0.3) is 0 Å². The van der Waals surface area contributed by atoms with Gasteiger partial charge in [-0.3, -0.25) is 30.1 Å². The number of hydrogen-bond acceptors (Lipinski definition) is 24. The van der Waals surface area contributed by atoms with Gasteiger partial charge >= 0.3 is 42.4 Å². The molecular formula is C48H52ClF6N12O20PS3. The van der Waals surface area contributed by atoms with Crippen LogP contribution in [-0.4, -0.2) is 151 Å². The van der Waals surface area contributed by atoms with Gasteiger partial charge in [0.25, 0.3) is 25.7 Å². The number of nitro groups is 1. The molecule has 3 aromatic heterocycles. The summed E-state index contributed by atoms with van der Waals surface area (Å²) in [5.41, 5.74) is 2.77. The monoisotopic (exact) mass is 1390 g/mol. The number of ether oxygens (including phenoxy) is 4. The van der Waals surface area contributed by atoms with Crippen LogP contribution in [0.1, 0.15) is 47.1 Å². The van der Waals surface area contributed by atoms with E-state index in [9.17, 15) is 85.5 Å². The molecule has 4 amide bonds. The molecule has 0 radical (unpaired) electrons. The Morgan fingerprint density at radius 3 is 1.86 bits per heavy atom. The van der Waals surface area contributed by atoms with Gasteiger partial charge in [0.15, 0.2) is 22.2 Å². The molecule has 6 aromatic rings. The topological polar surface area (TPSA) is 480 Å². The summed E-state index contributed by atoms with van der Waals surface area (Å²) >= 11 is 5.72. The number of hydrogen-bond donors (Lipinski definition) is 8. The van der Waals surface area contributed by atoms with Crippen molar-refractivity contribution in [3.8, 4) is 29.3 Å². The van der Waals surface area contributed by atoms with E-state index in [2.05, 4.69) is 40.5 Å². The van der Waals surface area contributed by atoms with Crippen LogP contribution in [0.4, 0.5) is 53.5 Å². The summed E-state index contributed by atoms with van der Waals surface area (Å²) in [6.07, 6.45) is -9.68. The summed E-state index contributed by atoms with van der Waals surface area (Å²) in [4.78, 5) is 85.5. The van der Waals surface area contributed by atoms with Crippen molar-refractivity contribution in [1.82, 2.24) is 39.3 Å². The number of methoxy groups -OCH3 is 3. The average Bonchev–Trinajstić information content (AvgIpc) is 0.865. The van der Waals surface area contributed by atoms with Gasteiger partial charge in [-0.25, -0.2) is 45.6 Å². The maximum absolute atomic E-state index is 12.6. The summed E-state index contributed by atoms with van der Waals surface area (Å²) in [6, 6.07) is 10.5. The number of pyridine rings is 1. The number of aryl methyl sites for hydroxylation is 2. The number of alkyl halides is 6. The van der Waals surface area contributed by atoms with Crippen LogP contribution >= 0.6 is 19.0 Å². The van der Waals surface area contributed by atoms with E-state index in [-0.39, 0.29) is 75.9 Å². The number of halogens is 7. The van der Waals surface area contributed by atoms with E-state index in [1.165, 1.54) is 72.2 Å². The molecule has 9 N–H and O–H groups in total. The molecule has 0 bridgehead atoms. The fraction of sp³-hybridized carbons (Fsp3) is 0.292. The summed E-state index contributed by atoms with van der Waals surface area (Å²) < 4.78 is 183. The summed E-state index contributed by atoms with van der Waals surface area (Å²) in [7, 11) is -12.1. The highest BCUT2D eigenvalue weighted by atomic mass is 35.5. The van der Waals surface area contributed by atoms with E-state index in [1.807, 2.05) is 0 Å². The van der Waals surface area contributed by atoms with Crippen molar-refractivity contribution in [3.05, 3.63) is 123 Å². The highest BCUT2D eigenvalue weighted by molar-refractivity contribution is 7.93. The molecule has 3 heterocycles. The second-order valence-corrected chi connectivity index (χ2v) is 26.0. The number of carbonyl (C=O) groups is 4. The van der Waals surface area contributed by atoms with Gasteiger partial charge in [0.1, 0.15) is 33.8 Å². The van der Waals surface area contributed by atoms with Crippen LogP contribution in [0.2, 0.25) is 5.02 Å². The van der Waals surface area contributed by atoms with Crippen molar-refractivity contribution < 1.29 is 114 Å². The molecule has 91 heavy (non-hydrogen) atoms. The van der Waals surface area contributed by atoms with Crippen molar-refractivity contribution in [3.63, 3.8) is 0 Å². The van der Waals surface area contributed by atoms with Gasteiger partial charge in [-0.15, -0.1) is 0 Å². The van der Waals surface area contributed by atoms with Gasteiger partial charge in [0, 0.05) is 37.6 Å². The molecule has 0 saturated carbocycles. The third-order valence-electron chi connectivity index (χ3n) is 10.6. The predicted octanol–water partition coefficient (Wildman–Crippen LogP) is 6.83. The lowest BCUT2D eigenvalue weighted by Crippen LogP contribution is -2.36. The minimum Gasteiger partial charge on any atom is -0.481 e. The molecule has 2 atom stereocenters. The minimum atomic E-state index is -4.61. The third-order valence-corrected chi connectivity index (χ3v) is 16.6. The predicted molar refractivity (Wildman–Crippen MR) is 305 cm³/mol. The Balaban J connectivity index is 0.000000330. The van der Waals surface area contributed by atoms with E-state index < -0.39 is 129 Å². The highest BCUT2D eigenvalue weighted by Crippen LogP contribution is 2.38. The Hall–Kier alpha value is -9.15. The average molecular weight is 1390 g/mol. The molecule has 0 aliphatic carbocycles. The lowest BCUT2D eigenvalue weighted by Gasteiger charge is -2.13. The molecule has 0 aliphatic heterocycles. The number of nitro benzene ring substituents is 1. The van der Waals surface area contributed by atoms with Crippen LogP contribution < -0.4 is 44.8 Å². The molecule has 43 heteroatoms. The first kappa shape index (κ1) is 76.1. The first-order valence-corrected chi connectivity index (χ1v) is 31.9. The Labute approximate surface area is 516 Å². The second-order valence-electron chi connectivity index (χ2n) is 17.5. The Bertz CT molecular complexity index is 4010. The van der Waals surface area contributed by atoms with E-state index >= 15 is 0 Å². The number of rotatable bonds is 21. The molecule has 0 aliphatic rings. The number of aromatic nitrogens is 6. The van der Waals surface area contributed by atoms with Crippen molar-refractivity contribution in [2.75, 3.05) is 50.5 Å². The van der Waals surface area contributed by atoms with Crippen LogP contribution in [-0.2, 0) is 51.8 Å². The number of sulfonamides is 2. The maximum atomic E-state index is 12.6. The highest BCUT2D eigenvalue weighted by Gasteiger charge is 2.33. The lowest BCUT2D eigenvalue weighted by atomic mass is 10.1. The number of amides is 4. The fourth-order valence-electron chi connectivity index (χ4n) is 6.39. The van der Waals surface area contributed by atoms with Crippen LogP contribution in [0.15, 0.2) is 99.9 Å². The smallest absolute Gasteiger partial charge is 0.416 e. The molecule has 32 nitrogen and oxygen atoms in total.